The fraction of sp³-hybridized carbons (Fsp3) is 0.444. The van der Waals surface area contributed by atoms with Crippen molar-refractivity contribution in [3.8, 4) is 0 Å². The molecule has 24 heavy (non-hydrogen) atoms. The third-order valence-electron chi connectivity index (χ3n) is 4.58. The first-order valence-electron chi connectivity index (χ1n) is 8.18. The molecule has 5 nitrogen and oxygen atoms in total. The number of nitrogens with zero attached hydrogens (tertiary/aromatic N) is 2. The minimum Gasteiger partial charge on any atom is -0.464 e. The Morgan fingerprint density at radius 2 is 2.04 bits per heavy atom. The maximum atomic E-state index is 11.5. The van der Waals surface area contributed by atoms with Gasteiger partial charge >= 0.3 is 5.97 Å². The standard InChI is InChI=1S/C18H23N3O2S/c1-23-18(22)17-11-16(19-20-17)14-7-9-21(10-8-14)12-13-3-5-15(24-2)6-4-13/h3-6,11,14H,7-10,12H2,1-2H3,(H,19,20). The van der Waals surface area contributed by atoms with E-state index in [1.165, 1.54) is 17.6 Å². The third kappa shape index (κ3) is 3.99. The van der Waals surface area contributed by atoms with E-state index in [0.717, 1.165) is 38.2 Å². The second kappa shape index (κ2) is 7.85. The van der Waals surface area contributed by atoms with Gasteiger partial charge < -0.3 is 4.74 Å². The molecule has 1 aromatic carbocycles. The summed E-state index contributed by atoms with van der Waals surface area (Å²) in [5.41, 5.74) is 2.77. The number of carbonyl (C=O) groups excluding carboxylic acids is 1. The molecule has 0 aliphatic carbocycles. The van der Waals surface area contributed by atoms with Gasteiger partial charge in [0, 0.05) is 23.1 Å². The van der Waals surface area contributed by atoms with Crippen molar-refractivity contribution in [3.05, 3.63) is 47.3 Å². The van der Waals surface area contributed by atoms with Crippen LogP contribution in [0.2, 0.25) is 0 Å². The Kier molecular flexibility index (Phi) is 5.58. The van der Waals surface area contributed by atoms with Crippen LogP contribution in [0.5, 0.6) is 0 Å². The number of aromatic amines is 1. The molecule has 1 aromatic heterocycles. The van der Waals surface area contributed by atoms with Crippen LogP contribution in [0.15, 0.2) is 35.2 Å². The summed E-state index contributed by atoms with van der Waals surface area (Å²) >= 11 is 1.77. The SMILES string of the molecule is COC(=O)c1cc(C2CCN(Cc3ccc(SC)cc3)CC2)[nH]n1. The van der Waals surface area contributed by atoms with Gasteiger partial charge in [0.2, 0.25) is 0 Å². The van der Waals surface area contributed by atoms with E-state index in [4.69, 9.17) is 4.74 Å². The van der Waals surface area contributed by atoms with Gasteiger partial charge in [-0.05, 0) is 55.9 Å². The van der Waals surface area contributed by atoms with Gasteiger partial charge in [0.25, 0.3) is 0 Å². The van der Waals surface area contributed by atoms with Gasteiger partial charge in [-0.3, -0.25) is 10.00 Å². The zero-order chi connectivity index (χ0) is 16.9. The van der Waals surface area contributed by atoms with Crippen LogP contribution < -0.4 is 0 Å². The van der Waals surface area contributed by atoms with Gasteiger partial charge in [-0.15, -0.1) is 11.8 Å². The molecule has 2 heterocycles. The summed E-state index contributed by atoms with van der Waals surface area (Å²) in [5.74, 6) is 0.0506. The smallest absolute Gasteiger partial charge is 0.358 e. The van der Waals surface area contributed by atoms with Crippen LogP contribution in [0.1, 0.15) is 40.5 Å². The Balaban J connectivity index is 1.53. The van der Waals surface area contributed by atoms with E-state index in [2.05, 4.69) is 45.6 Å². The van der Waals surface area contributed by atoms with Crippen LogP contribution in [0.4, 0.5) is 0 Å². The highest BCUT2D eigenvalue weighted by Gasteiger charge is 2.23. The average Bonchev–Trinajstić information content (AvgIpc) is 3.12. The first kappa shape index (κ1) is 17.0. The largest absolute Gasteiger partial charge is 0.464 e. The van der Waals surface area contributed by atoms with Crippen LogP contribution in [0.25, 0.3) is 0 Å². The van der Waals surface area contributed by atoms with Crippen molar-refractivity contribution < 1.29 is 9.53 Å². The number of hydrogen-bond acceptors (Lipinski definition) is 5. The van der Waals surface area contributed by atoms with Gasteiger partial charge in [0.05, 0.1) is 7.11 Å². The van der Waals surface area contributed by atoms with E-state index in [1.54, 1.807) is 11.8 Å². The Bertz CT molecular complexity index is 676. The fourth-order valence-corrected chi connectivity index (χ4v) is 3.55. The first-order valence-corrected chi connectivity index (χ1v) is 9.41. The topological polar surface area (TPSA) is 58.2 Å². The lowest BCUT2D eigenvalue weighted by molar-refractivity contribution is 0.0594. The highest BCUT2D eigenvalue weighted by molar-refractivity contribution is 7.98. The number of rotatable bonds is 5. The average molecular weight is 345 g/mol. The summed E-state index contributed by atoms with van der Waals surface area (Å²) in [7, 11) is 1.38. The fourth-order valence-electron chi connectivity index (χ4n) is 3.15. The molecule has 1 saturated heterocycles. The lowest BCUT2D eigenvalue weighted by atomic mass is 9.93. The van der Waals surface area contributed by atoms with Crippen LogP contribution in [-0.4, -0.2) is 47.5 Å². The molecule has 128 valence electrons. The predicted molar refractivity (Wildman–Crippen MR) is 95.4 cm³/mol. The molecule has 0 radical (unpaired) electrons. The number of H-pyrrole nitrogens is 1. The second-order valence-electron chi connectivity index (χ2n) is 6.10. The number of piperidine rings is 1. The van der Waals surface area contributed by atoms with Crippen molar-refractivity contribution in [2.45, 2.75) is 30.2 Å². The number of aromatic nitrogens is 2. The lowest BCUT2D eigenvalue weighted by Gasteiger charge is -2.31. The molecule has 0 amide bonds. The summed E-state index contributed by atoms with van der Waals surface area (Å²) in [5, 5.41) is 7.05. The van der Waals surface area contributed by atoms with E-state index in [-0.39, 0.29) is 5.97 Å². The van der Waals surface area contributed by atoms with Crippen molar-refractivity contribution >= 4 is 17.7 Å². The van der Waals surface area contributed by atoms with E-state index in [1.807, 2.05) is 6.07 Å². The Morgan fingerprint density at radius 1 is 1.33 bits per heavy atom. The van der Waals surface area contributed by atoms with Crippen LogP contribution in [0, 0.1) is 0 Å². The van der Waals surface area contributed by atoms with Gasteiger partial charge in [-0.2, -0.15) is 5.10 Å². The zero-order valence-corrected chi connectivity index (χ0v) is 14.9. The Hall–Kier alpha value is -1.79. The minimum atomic E-state index is -0.386. The molecule has 6 heteroatoms. The molecular formula is C18H23N3O2S. The molecule has 1 aliphatic rings. The zero-order valence-electron chi connectivity index (χ0n) is 14.1. The molecule has 0 atom stereocenters. The number of esters is 1. The molecule has 0 bridgehead atoms. The monoisotopic (exact) mass is 345 g/mol. The van der Waals surface area contributed by atoms with Gasteiger partial charge in [-0.1, -0.05) is 12.1 Å². The van der Waals surface area contributed by atoms with Crippen LogP contribution in [0.3, 0.4) is 0 Å². The second-order valence-corrected chi connectivity index (χ2v) is 6.98. The van der Waals surface area contributed by atoms with Gasteiger partial charge in [0.15, 0.2) is 5.69 Å². The van der Waals surface area contributed by atoms with Crippen molar-refractivity contribution in [1.82, 2.24) is 15.1 Å². The molecule has 0 unspecified atom stereocenters. The minimum absolute atomic E-state index is 0.365. The van der Waals surface area contributed by atoms with Crippen LogP contribution >= 0.6 is 11.8 Å². The Morgan fingerprint density at radius 3 is 2.67 bits per heavy atom. The first-order chi connectivity index (χ1) is 11.7. The van der Waals surface area contributed by atoms with E-state index in [9.17, 15) is 4.79 Å². The van der Waals surface area contributed by atoms with Crippen molar-refractivity contribution in [2.24, 2.45) is 0 Å². The van der Waals surface area contributed by atoms with Crippen molar-refractivity contribution in [1.29, 1.82) is 0 Å². The molecule has 0 spiro atoms. The maximum Gasteiger partial charge on any atom is 0.358 e. The number of methoxy groups -OCH3 is 1. The van der Waals surface area contributed by atoms with E-state index < -0.39 is 0 Å². The highest BCUT2D eigenvalue weighted by Crippen LogP contribution is 2.28. The number of likely N-dealkylation sites (tertiary alicyclic amines) is 1. The molecular weight excluding hydrogens is 322 g/mol. The quantitative estimate of drug-likeness (QED) is 0.665. The molecule has 0 saturated carbocycles. The van der Waals surface area contributed by atoms with Gasteiger partial charge in [0.1, 0.15) is 0 Å². The highest BCUT2D eigenvalue weighted by atomic mass is 32.2. The summed E-state index contributed by atoms with van der Waals surface area (Å²) in [6.07, 6.45) is 4.25. The number of thioether (sulfide) groups is 1. The molecule has 1 aliphatic heterocycles. The number of benzene rings is 1. The summed E-state index contributed by atoms with van der Waals surface area (Å²) < 4.78 is 4.71. The number of nitrogens with one attached hydrogen (secondary N) is 1. The lowest BCUT2D eigenvalue weighted by Crippen LogP contribution is -2.32. The summed E-state index contributed by atoms with van der Waals surface area (Å²) in [6.45, 7) is 3.11. The summed E-state index contributed by atoms with van der Waals surface area (Å²) in [6, 6.07) is 10.6. The van der Waals surface area contributed by atoms with Gasteiger partial charge in [-0.25, -0.2) is 4.79 Å². The van der Waals surface area contributed by atoms with Crippen molar-refractivity contribution in [2.75, 3.05) is 26.5 Å². The maximum absolute atomic E-state index is 11.5. The normalized spacial score (nSPS) is 16.2. The number of hydrogen-bond donors (Lipinski definition) is 1. The van der Waals surface area contributed by atoms with Crippen molar-refractivity contribution in [3.63, 3.8) is 0 Å². The Labute approximate surface area is 146 Å². The van der Waals surface area contributed by atoms with E-state index >= 15 is 0 Å². The van der Waals surface area contributed by atoms with Crippen LogP contribution in [-0.2, 0) is 11.3 Å². The number of ether oxygens (including phenoxy) is 1. The summed E-state index contributed by atoms with van der Waals surface area (Å²) in [4.78, 5) is 15.3. The predicted octanol–water partition coefficient (Wildman–Crippen LogP) is 3.30. The molecule has 1 fully saturated rings. The molecule has 2 aromatic rings. The molecule has 1 N–H and O–H groups in total. The third-order valence-corrected chi connectivity index (χ3v) is 5.33. The number of carbonyl (C=O) groups is 1. The van der Waals surface area contributed by atoms with E-state index in [0.29, 0.717) is 11.6 Å². The molecule has 3 rings (SSSR count).